The minimum absolute atomic E-state index is 0.0159. The van der Waals surface area contributed by atoms with Crippen molar-refractivity contribution in [3.63, 3.8) is 0 Å². The van der Waals surface area contributed by atoms with Gasteiger partial charge in [0.05, 0.1) is 25.9 Å². The van der Waals surface area contributed by atoms with Gasteiger partial charge in [0.25, 0.3) is 0 Å². The Morgan fingerprint density at radius 3 is 2.59 bits per heavy atom. The first-order valence-electron chi connectivity index (χ1n) is 5.59. The van der Waals surface area contributed by atoms with Gasteiger partial charge in [-0.15, -0.1) is 0 Å². The Morgan fingerprint density at radius 2 is 1.94 bits per heavy atom. The summed E-state index contributed by atoms with van der Waals surface area (Å²) >= 11 is 0. The fraction of sp³-hybridized carbons (Fsp3) is 0.500. The smallest absolute Gasteiger partial charge is 0.126 e. The highest BCUT2D eigenvalue weighted by atomic mass is 19.1. The van der Waals surface area contributed by atoms with E-state index in [9.17, 15) is 8.78 Å². The van der Waals surface area contributed by atoms with Crippen LogP contribution in [-0.4, -0.2) is 32.5 Å². The van der Waals surface area contributed by atoms with Gasteiger partial charge in [-0.3, -0.25) is 0 Å². The minimum atomic E-state index is -0.556. The maximum Gasteiger partial charge on any atom is 0.126 e. The maximum atomic E-state index is 12.9. The Kier molecular flexibility index (Phi) is 4.42. The van der Waals surface area contributed by atoms with Crippen LogP contribution in [0.3, 0.4) is 0 Å². The second-order valence-corrected chi connectivity index (χ2v) is 3.98. The van der Waals surface area contributed by atoms with E-state index in [1.54, 1.807) is 0 Å². The summed E-state index contributed by atoms with van der Waals surface area (Å²) < 4.78 is 36.5. The molecular weight excluding hydrogens is 228 g/mol. The van der Waals surface area contributed by atoms with Gasteiger partial charge in [0.15, 0.2) is 0 Å². The summed E-state index contributed by atoms with van der Waals surface area (Å²) in [5.74, 6) is -1.11. The van der Waals surface area contributed by atoms with E-state index in [0.717, 1.165) is 6.07 Å². The number of nitrogens with one attached hydrogen (secondary N) is 1. The number of rotatable bonds is 4. The van der Waals surface area contributed by atoms with E-state index in [1.165, 1.54) is 12.1 Å². The van der Waals surface area contributed by atoms with Crippen LogP contribution in [0.15, 0.2) is 18.2 Å². The van der Waals surface area contributed by atoms with E-state index in [4.69, 9.17) is 9.47 Å². The molecule has 0 radical (unpaired) electrons. The van der Waals surface area contributed by atoms with Crippen molar-refractivity contribution >= 4 is 0 Å². The number of ether oxygens (including phenoxy) is 2. The molecule has 1 aliphatic rings. The second kappa shape index (κ2) is 6.05. The van der Waals surface area contributed by atoms with Gasteiger partial charge in [-0.25, -0.2) is 8.78 Å². The molecule has 1 aromatic carbocycles. The topological polar surface area (TPSA) is 30.5 Å². The van der Waals surface area contributed by atoms with Crippen LogP contribution in [0.4, 0.5) is 8.78 Å². The molecule has 0 spiro atoms. The molecule has 1 aromatic rings. The van der Waals surface area contributed by atoms with E-state index in [2.05, 4.69) is 5.32 Å². The molecule has 0 aromatic heterocycles. The molecule has 5 heteroatoms. The van der Waals surface area contributed by atoms with Crippen molar-refractivity contribution in [1.82, 2.24) is 5.32 Å². The van der Waals surface area contributed by atoms with E-state index in [-0.39, 0.29) is 6.10 Å². The highest BCUT2D eigenvalue weighted by Gasteiger charge is 2.13. The third-order valence-corrected chi connectivity index (χ3v) is 2.51. The van der Waals surface area contributed by atoms with Gasteiger partial charge < -0.3 is 14.8 Å². The zero-order valence-electron chi connectivity index (χ0n) is 9.42. The van der Waals surface area contributed by atoms with Crippen molar-refractivity contribution in [2.45, 2.75) is 12.6 Å². The zero-order valence-corrected chi connectivity index (χ0v) is 9.42. The Hall–Kier alpha value is -1.04. The van der Waals surface area contributed by atoms with Crippen molar-refractivity contribution < 1.29 is 18.3 Å². The Morgan fingerprint density at radius 1 is 1.18 bits per heavy atom. The zero-order chi connectivity index (χ0) is 12.1. The third kappa shape index (κ3) is 4.03. The van der Waals surface area contributed by atoms with Crippen LogP contribution in [0, 0.1) is 11.6 Å². The fourth-order valence-corrected chi connectivity index (χ4v) is 1.74. The van der Waals surface area contributed by atoms with Crippen molar-refractivity contribution in [3.8, 4) is 0 Å². The van der Waals surface area contributed by atoms with Gasteiger partial charge in [0.2, 0.25) is 0 Å². The molecule has 94 valence electrons. The van der Waals surface area contributed by atoms with Crippen LogP contribution < -0.4 is 5.32 Å². The molecule has 1 unspecified atom stereocenters. The summed E-state index contributed by atoms with van der Waals surface area (Å²) in [4.78, 5) is 0. The van der Waals surface area contributed by atoms with Crippen LogP contribution in [0.5, 0.6) is 0 Å². The highest BCUT2D eigenvalue weighted by Crippen LogP contribution is 2.07. The predicted molar refractivity (Wildman–Crippen MR) is 58.6 cm³/mol. The Labute approximate surface area is 98.7 Å². The normalized spacial score (nSPS) is 20.5. The van der Waals surface area contributed by atoms with Crippen LogP contribution in [-0.2, 0) is 16.0 Å². The standard InChI is InChI=1S/C12H15F2NO2/c13-10-3-9(4-11(14)5-10)6-15-7-12-8-16-1-2-17-12/h3-5,12,15H,1-2,6-8H2. The highest BCUT2D eigenvalue weighted by molar-refractivity contribution is 5.17. The van der Waals surface area contributed by atoms with E-state index >= 15 is 0 Å². The number of halogens is 2. The molecule has 1 fully saturated rings. The Balaban J connectivity index is 1.77. The van der Waals surface area contributed by atoms with Crippen LogP contribution in [0.1, 0.15) is 5.56 Å². The molecule has 1 heterocycles. The van der Waals surface area contributed by atoms with Gasteiger partial charge in [-0.05, 0) is 17.7 Å². The molecule has 17 heavy (non-hydrogen) atoms. The molecule has 1 saturated heterocycles. The summed E-state index contributed by atoms with van der Waals surface area (Å²) in [5, 5.41) is 3.09. The number of hydrogen-bond donors (Lipinski definition) is 1. The lowest BCUT2D eigenvalue weighted by Gasteiger charge is -2.23. The third-order valence-electron chi connectivity index (χ3n) is 2.51. The second-order valence-electron chi connectivity index (χ2n) is 3.98. The van der Waals surface area contributed by atoms with Gasteiger partial charge >= 0.3 is 0 Å². The van der Waals surface area contributed by atoms with Crippen molar-refractivity contribution in [2.24, 2.45) is 0 Å². The molecule has 2 rings (SSSR count). The number of hydrogen-bond acceptors (Lipinski definition) is 3. The molecule has 1 aliphatic heterocycles. The average Bonchev–Trinajstić information content (AvgIpc) is 2.29. The molecule has 0 saturated carbocycles. The molecule has 3 nitrogen and oxygen atoms in total. The predicted octanol–water partition coefficient (Wildman–Crippen LogP) is 1.47. The Bertz CT molecular complexity index is 347. The largest absolute Gasteiger partial charge is 0.376 e. The van der Waals surface area contributed by atoms with Crippen molar-refractivity contribution in [3.05, 3.63) is 35.4 Å². The summed E-state index contributed by atoms with van der Waals surface area (Å²) in [5.41, 5.74) is 0.583. The lowest BCUT2D eigenvalue weighted by Crippen LogP contribution is -2.37. The lowest BCUT2D eigenvalue weighted by atomic mass is 10.2. The minimum Gasteiger partial charge on any atom is -0.376 e. The summed E-state index contributed by atoms with van der Waals surface area (Å²) in [6.07, 6.45) is 0.0159. The number of benzene rings is 1. The van der Waals surface area contributed by atoms with Gasteiger partial charge in [-0.2, -0.15) is 0 Å². The first kappa shape index (κ1) is 12.4. The van der Waals surface area contributed by atoms with E-state index in [0.29, 0.717) is 38.5 Å². The monoisotopic (exact) mass is 243 g/mol. The summed E-state index contributed by atoms with van der Waals surface area (Å²) in [6, 6.07) is 3.49. The van der Waals surface area contributed by atoms with Crippen molar-refractivity contribution in [2.75, 3.05) is 26.4 Å². The quantitative estimate of drug-likeness (QED) is 0.868. The van der Waals surface area contributed by atoms with Gasteiger partial charge in [0, 0.05) is 19.2 Å². The summed E-state index contributed by atoms with van der Waals surface area (Å²) in [7, 11) is 0. The van der Waals surface area contributed by atoms with E-state index in [1.807, 2.05) is 0 Å². The summed E-state index contributed by atoms with van der Waals surface area (Å²) in [6.45, 7) is 2.81. The van der Waals surface area contributed by atoms with Gasteiger partial charge in [-0.1, -0.05) is 0 Å². The van der Waals surface area contributed by atoms with Crippen molar-refractivity contribution in [1.29, 1.82) is 0 Å². The fourth-order valence-electron chi connectivity index (χ4n) is 1.74. The molecular formula is C12H15F2NO2. The first-order valence-corrected chi connectivity index (χ1v) is 5.59. The van der Waals surface area contributed by atoms with Crippen LogP contribution >= 0.6 is 0 Å². The molecule has 1 N–H and O–H groups in total. The lowest BCUT2D eigenvalue weighted by molar-refractivity contribution is -0.0864. The molecule has 0 bridgehead atoms. The SMILES string of the molecule is Fc1cc(F)cc(CNCC2COCCO2)c1. The molecule has 1 atom stereocenters. The van der Waals surface area contributed by atoms with Crippen LogP contribution in [0.2, 0.25) is 0 Å². The molecule has 0 aliphatic carbocycles. The first-order chi connectivity index (χ1) is 8.24. The average molecular weight is 243 g/mol. The van der Waals surface area contributed by atoms with Gasteiger partial charge in [0.1, 0.15) is 11.6 Å². The van der Waals surface area contributed by atoms with E-state index < -0.39 is 11.6 Å². The van der Waals surface area contributed by atoms with Crippen LogP contribution in [0.25, 0.3) is 0 Å². The molecule has 0 amide bonds. The maximum absolute atomic E-state index is 12.9.